The Bertz CT molecular complexity index is 3790. The van der Waals surface area contributed by atoms with Crippen molar-refractivity contribution in [2.45, 2.75) is 172 Å². The van der Waals surface area contributed by atoms with Crippen molar-refractivity contribution in [2.75, 3.05) is 52.4 Å². The van der Waals surface area contributed by atoms with Crippen LogP contribution in [0.15, 0.2) is 94.9 Å². The molecular weight excluding hydrogens is 1410 g/mol. The predicted molar refractivity (Wildman–Crippen MR) is 407 cm³/mol. The number of hydrogen-bond donors (Lipinski definition) is 22. The number of rotatable bonds is 48. The van der Waals surface area contributed by atoms with Crippen molar-refractivity contribution in [3.63, 3.8) is 0 Å². The highest BCUT2D eigenvalue weighted by atomic mass is 16.3. The molecule has 0 spiro atoms. The number of aromatic hydroxyl groups is 1. The second kappa shape index (κ2) is 47.2. The van der Waals surface area contributed by atoms with Crippen molar-refractivity contribution in [3.8, 4) is 5.75 Å². The largest absolute Gasteiger partial charge is 0.508 e. The summed E-state index contributed by atoms with van der Waals surface area (Å²) in [6, 6.07) is 10.6. The maximum atomic E-state index is 14.5. The number of unbranched alkanes of at least 4 members (excludes halogenated alkanes) is 2. The van der Waals surface area contributed by atoms with Gasteiger partial charge in [0.1, 0.15) is 60.1 Å². The molecule has 0 saturated heterocycles. The molecule has 4 aromatic carbocycles. The number of benzene rings is 4. The van der Waals surface area contributed by atoms with Crippen LogP contribution in [0.1, 0.15) is 106 Å². The number of aliphatic imine (C=N–C) groups is 2. The Morgan fingerprint density at radius 1 is 0.422 bits per heavy atom. The van der Waals surface area contributed by atoms with Crippen molar-refractivity contribution in [1.82, 2.24) is 63.8 Å². The number of nitrogens with two attached hydrogens (primary N) is 8. The lowest BCUT2D eigenvalue weighted by Gasteiger charge is -2.26. The number of phenolic OH excluding ortho intramolecular Hbond substituents is 1. The molecule has 0 saturated carbocycles. The van der Waals surface area contributed by atoms with Crippen molar-refractivity contribution in [2.24, 2.45) is 55.9 Å². The molecule has 0 aliphatic rings. The van der Waals surface area contributed by atoms with Crippen LogP contribution in [0.4, 0.5) is 0 Å². The highest BCUT2D eigenvalue weighted by molar-refractivity contribution is 5.99. The first-order valence-corrected chi connectivity index (χ1v) is 35.8. The van der Waals surface area contributed by atoms with Gasteiger partial charge >= 0.3 is 0 Å². The number of primary amides is 1. The number of nitrogens with zero attached hydrogens (tertiary/aromatic N) is 2. The molecule has 0 bridgehead atoms. The van der Waals surface area contributed by atoms with E-state index in [1.165, 1.54) is 13.8 Å². The van der Waals surface area contributed by atoms with E-state index in [1.54, 1.807) is 74.5 Å². The summed E-state index contributed by atoms with van der Waals surface area (Å²) in [4.78, 5) is 185. The van der Waals surface area contributed by atoms with Gasteiger partial charge in [0, 0.05) is 25.9 Å². The van der Waals surface area contributed by atoms with Gasteiger partial charge in [0.2, 0.25) is 76.8 Å². The summed E-state index contributed by atoms with van der Waals surface area (Å²) in [5, 5.41) is 52.1. The maximum absolute atomic E-state index is 14.5. The quantitative estimate of drug-likeness (QED) is 0.0111. The monoisotopic (exact) mass is 1520 g/mol. The van der Waals surface area contributed by atoms with E-state index < -0.39 is 163 Å². The van der Waals surface area contributed by atoms with Crippen molar-refractivity contribution < 1.29 is 72.5 Å². The van der Waals surface area contributed by atoms with Crippen LogP contribution in [0.25, 0.3) is 10.8 Å². The standard InChI is InChI=1S/C72H108N22O15/c1-40-31-47(96)32-41(2)49(40)35-50(75)64(103)84-36-58(97)83-37-60(99)88-55(33-44-17-6-5-7-18-44)69(108)93-56(34-46-21-14-20-45-19-8-9-22-48(45)46)65(104)85-38-59(98)86-42(3)62(101)90-54(26-16-30-82-72(79)80)67(106)92-52(24-11-13-28-74)68(107)94-57(39-95)70(109)87-43(4)63(102)91-53(25-15-29-81-71(77)78)66(105)89-51(61(76)100)23-10-12-27-73/h5-9,14,17-22,31-32,42-43,50-57,95-96H,10-13,15-16,23-30,33-39,73-75H2,1-4H3,(H2,76,100)(H,83,97)(H,84,103)(H,85,104)(H,86,98)(H,87,109)(H,88,99)(H,89,105)(H,90,101)(H,91,102)(H,92,106)(H,93,108)(H,94,107)(H4,77,78,81)(H4,79,80,82)/t42-,43-,50-,51-,52-,53-,54-,55-,56-,57-/m0/s1. The summed E-state index contributed by atoms with van der Waals surface area (Å²) in [5.74, 6) is -11.6. The van der Waals surface area contributed by atoms with Crippen LogP contribution in [-0.4, -0.2) is 212 Å². The third kappa shape index (κ3) is 32.6. The molecule has 0 unspecified atom stereocenters. The van der Waals surface area contributed by atoms with Crippen molar-refractivity contribution in [3.05, 3.63) is 113 Å². The van der Waals surface area contributed by atoms with Gasteiger partial charge in [0.15, 0.2) is 11.9 Å². The van der Waals surface area contributed by atoms with Crippen molar-refractivity contribution in [1.29, 1.82) is 0 Å². The lowest BCUT2D eigenvalue weighted by Crippen LogP contribution is -2.60. The molecule has 0 aliphatic carbocycles. The number of fused-ring (bicyclic) bond motifs is 1. The van der Waals surface area contributed by atoms with E-state index in [0.29, 0.717) is 36.9 Å². The fraction of sp³-hybridized carbons (Fsp3) is 0.486. The number of guanidine groups is 2. The SMILES string of the molecule is Cc1cc(O)cc(C)c1C[C@H](N)C(=O)NCC(=O)NCC(=O)N[C@@H](Cc1ccccc1)C(=O)N[C@@H](Cc1cccc2ccccc12)C(=O)NCC(=O)N[C@@H](C)C(=O)N[C@@H](CCCN=C(N)N)C(=O)N[C@@H](CCCCN)C(=O)N[C@@H](CO)C(=O)N[C@@H](C)C(=O)N[C@@H](CCCN=C(N)N)C(=O)N[C@@H](CCCCN)C(N)=O. The van der Waals surface area contributed by atoms with Crippen LogP contribution in [0.5, 0.6) is 5.75 Å². The topological polar surface area (TPSA) is 640 Å². The predicted octanol–water partition coefficient (Wildman–Crippen LogP) is -5.89. The number of phenols is 1. The number of hydrogen-bond acceptors (Lipinski definition) is 20. The second-order valence-corrected chi connectivity index (χ2v) is 26.2. The third-order valence-electron chi connectivity index (χ3n) is 17.3. The highest BCUT2D eigenvalue weighted by Gasteiger charge is 2.34. The zero-order valence-electron chi connectivity index (χ0n) is 61.9. The van der Waals surface area contributed by atoms with Crippen LogP contribution >= 0.6 is 0 Å². The van der Waals surface area contributed by atoms with E-state index >= 15 is 0 Å². The van der Waals surface area contributed by atoms with E-state index in [9.17, 15) is 72.5 Å². The van der Waals surface area contributed by atoms with Gasteiger partial charge in [-0.05, 0) is 162 Å². The Morgan fingerprint density at radius 2 is 0.853 bits per heavy atom. The smallest absolute Gasteiger partial charge is 0.245 e. The molecular formula is C72H108N22O15. The van der Waals surface area contributed by atoms with Crippen LogP contribution < -0.4 is 110 Å². The summed E-state index contributed by atoms with van der Waals surface area (Å²) >= 11 is 0. The number of aryl methyl sites for hydroxylation is 2. The Kier molecular flexibility index (Phi) is 38.9. The average molecular weight is 1520 g/mol. The minimum Gasteiger partial charge on any atom is -0.508 e. The van der Waals surface area contributed by atoms with Crippen LogP contribution in [0, 0.1) is 13.8 Å². The summed E-state index contributed by atoms with van der Waals surface area (Å²) < 4.78 is 0. The number of carbonyl (C=O) groups excluding carboxylic acids is 13. The highest BCUT2D eigenvalue weighted by Crippen LogP contribution is 2.23. The molecule has 37 heteroatoms. The van der Waals surface area contributed by atoms with E-state index in [-0.39, 0.29) is 102 Å². The minimum atomic E-state index is -1.73. The van der Waals surface area contributed by atoms with Crippen LogP contribution in [-0.2, 0) is 81.6 Å². The number of amides is 13. The Balaban J connectivity index is 1.47. The molecule has 0 heterocycles. The Hall–Kier alpha value is -11.6. The summed E-state index contributed by atoms with van der Waals surface area (Å²) in [6.45, 7) is 3.67. The molecule has 109 heavy (non-hydrogen) atoms. The van der Waals surface area contributed by atoms with Gasteiger partial charge in [-0.3, -0.25) is 72.3 Å². The zero-order valence-corrected chi connectivity index (χ0v) is 61.9. The summed E-state index contributed by atoms with van der Waals surface area (Å²) in [7, 11) is 0. The van der Waals surface area contributed by atoms with Gasteiger partial charge in [-0.15, -0.1) is 0 Å². The number of aliphatic hydroxyl groups is 1. The van der Waals surface area contributed by atoms with Gasteiger partial charge in [-0.1, -0.05) is 72.8 Å². The average Bonchev–Trinajstić information content (AvgIpc) is 0.813. The molecule has 13 amide bonds. The van der Waals surface area contributed by atoms with Gasteiger partial charge in [-0.25, -0.2) is 0 Å². The van der Waals surface area contributed by atoms with Crippen LogP contribution in [0.3, 0.4) is 0 Å². The number of nitrogens with one attached hydrogen (secondary N) is 12. The summed E-state index contributed by atoms with van der Waals surface area (Å²) in [5.41, 5.74) is 48.4. The fourth-order valence-electron chi connectivity index (χ4n) is 11.3. The molecule has 0 fully saturated rings. The first-order valence-electron chi connectivity index (χ1n) is 35.8. The Morgan fingerprint density at radius 3 is 1.40 bits per heavy atom. The normalized spacial score (nSPS) is 13.7. The molecule has 37 nitrogen and oxygen atoms in total. The first-order chi connectivity index (χ1) is 51.8. The van der Waals surface area contributed by atoms with Gasteiger partial charge in [-0.2, -0.15) is 0 Å². The molecule has 10 atom stereocenters. The molecule has 596 valence electrons. The first kappa shape index (κ1) is 89.8. The second-order valence-electron chi connectivity index (χ2n) is 26.2. The van der Waals surface area contributed by atoms with E-state index in [4.69, 9.17) is 45.9 Å². The van der Waals surface area contributed by atoms with Crippen LogP contribution in [0.2, 0.25) is 0 Å². The van der Waals surface area contributed by atoms with Gasteiger partial charge in [0.05, 0.1) is 32.3 Å². The maximum Gasteiger partial charge on any atom is 0.245 e. The molecule has 0 aliphatic heterocycles. The summed E-state index contributed by atoms with van der Waals surface area (Å²) in [6.07, 6.45) is 1.65. The van der Waals surface area contributed by atoms with E-state index in [1.807, 2.05) is 24.3 Å². The fourth-order valence-corrected chi connectivity index (χ4v) is 11.3. The minimum absolute atomic E-state index is 0.0216. The van der Waals surface area contributed by atoms with Gasteiger partial charge in [0.25, 0.3) is 0 Å². The molecule has 30 N–H and O–H groups in total. The van der Waals surface area contributed by atoms with E-state index in [2.05, 4.69) is 73.8 Å². The number of carbonyl (C=O) groups is 13. The molecule has 4 rings (SSSR count). The zero-order chi connectivity index (χ0) is 80.7. The third-order valence-corrected chi connectivity index (χ3v) is 17.3. The lowest BCUT2D eigenvalue weighted by molar-refractivity contribution is -0.136. The Labute approximate surface area is 631 Å². The molecule has 4 aromatic rings. The van der Waals surface area contributed by atoms with E-state index in [0.717, 1.165) is 27.5 Å². The molecule has 0 aromatic heterocycles. The molecule has 0 radical (unpaired) electrons. The van der Waals surface area contributed by atoms with Crippen molar-refractivity contribution >= 4 is 99.5 Å². The lowest BCUT2D eigenvalue weighted by atomic mass is 9.96. The number of aliphatic hydroxyl groups excluding tert-OH is 1. The van der Waals surface area contributed by atoms with Gasteiger partial charge < -0.3 is 120 Å².